The maximum absolute atomic E-state index is 4.53. The van der Waals surface area contributed by atoms with Gasteiger partial charge in [0.2, 0.25) is 0 Å². The smallest absolute Gasteiger partial charge is 0.0639 e. The average molecular weight is 453 g/mol. The molecule has 0 spiro atoms. The number of hydrogen-bond acceptors (Lipinski definition) is 4. The summed E-state index contributed by atoms with van der Waals surface area (Å²) in [5, 5.41) is 0. The van der Waals surface area contributed by atoms with Crippen LogP contribution in [0.1, 0.15) is 22.3 Å². The molecule has 0 fully saturated rings. The fourth-order valence-electron chi connectivity index (χ4n) is 2.99. The highest BCUT2D eigenvalue weighted by Gasteiger charge is 1.99. The first kappa shape index (κ1) is 22.1. The monoisotopic (exact) mass is 452 g/mol. The molecular weight excluding hydrogens is 428 g/mol. The second-order valence-corrected chi connectivity index (χ2v) is 9.49. The number of benzene rings is 4. The fraction of sp³-hybridized carbons (Fsp3) is 0.0714. The molecule has 0 aliphatic heterocycles. The molecule has 0 saturated heterocycles. The van der Waals surface area contributed by atoms with Gasteiger partial charge in [0.25, 0.3) is 0 Å². The van der Waals surface area contributed by atoms with E-state index in [0.717, 1.165) is 11.1 Å². The highest BCUT2D eigenvalue weighted by atomic mass is 33.1. The van der Waals surface area contributed by atoms with Crippen molar-refractivity contribution in [2.45, 2.75) is 22.9 Å². The molecule has 0 aliphatic carbocycles. The predicted molar refractivity (Wildman–Crippen MR) is 140 cm³/mol. The number of aliphatic imine (C=N–C) groups is 2. The molecule has 0 aromatic heterocycles. The zero-order valence-corrected chi connectivity index (χ0v) is 19.3. The van der Waals surface area contributed by atoms with E-state index in [-0.39, 0.29) is 0 Å². The Kier molecular flexibility index (Phi) is 8.36. The molecular formula is C28H24N2S2. The van der Waals surface area contributed by atoms with Crippen molar-refractivity contribution < 1.29 is 0 Å². The summed E-state index contributed by atoms with van der Waals surface area (Å²) in [5.74, 6) is 0. The summed E-state index contributed by atoms with van der Waals surface area (Å²) >= 11 is 0. The van der Waals surface area contributed by atoms with E-state index in [4.69, 9.17) is 0 Å². The van der Waals surface area contributed by atoms with Crippen molar-refractivity contribution in [3.63, 3.8) is 0 Å². The van der Waals surface area contributed by atoms with Gasteiger partial charge in [-0.2, -0.15) is 0 Å². The third-order valence-corrected chi connectivity index (χ3v) is 7.13. The Hall–Kier alpha value is -3.08. The summed E-state index contributed by atoms with van der Waals surface area (Å²) in [6.45, 7) is 1.42. The van der Waals surface area contributed by atoms with Crippen molar-refractivity contribution in [2.24, 2.45) is 9.98 Å². The molecule has 0 N–H and O–H groups in total. The van der Waals surface area contributed by atoms with E-state index in [1.165, 1.54) is 20.9 Å². The highest BCUT2D eigenvalue weighted by molar-refractivity contribution is 8.76. The predicted octanol–water partition coefficient (Wildman–Crippen LogP) is 7.72. The quantitative estimate of drug-likeness (QED) is 0.192. The van der Waals surface area contributed by atoms with Crippen molar-refractivity contribution in [1.82, 2.24) is 0 Å². The molecule has 0 aliphatic rings. The van der Waals surface area contributed by atoms with Gasteiger partial charge < -0.3 is 0 Å². The van der Waals surface area contributed by atoms with E-state index >= 15 is 0 Å². The summed E-state index contributed by atoms with van der Waals surface area (Å²) in [6, 6.07) is 37.6. The van der Waals surface area contributed by atoms with Crippen molar-refractivity contribution in [1.29, 1.82) is 0 Å². The Morgan fingerprint density at radius 2 is 0.844 bits per heavy atom. The maximum Gasteiger partial charge on any atom is 0.0639 e. The van der Waals surface area contributed by atoms with Crippen molar-refractivity contribution in [3.8, 4) is 0 Å². The first-order valence-corrected chi connectivity index (χ1v) is 12.6. The molecule has 4 aromatic carbocycles. The molecule has 0 amide bonds. The van der Waals surface area contributed by atoms with Crippen LogP contribution in [0.5, 0.6) is 0 Å². The molecule has 0 heterocycles. The van der Waals surface area contributed by atoms with E-state index in [1.807, 2.05) is 48.8 Å². The average Bonchev–Trinajstić information content (AvgIpc) is 2.86. The van der Waals surface area contributed by atoms with Gasteiger partial charge in [0.1, 0.15) is 0 Å². The summed E-state index contributed by atoms with van der Waals surface area (Å²) in [7, 11) is 3.52. The summed E-state index contributed by atoms with van der Waals surface area (Å²) < 4.78 is 0. The minimum Gasteiger partial charge on any atom is -0.288 e. The van der Waals surface area contributed by atoms with Gasteiger partial charge in [-0.25, -0.2) is 0 Å². The minimum absolute atomic E-state index is 0.708. The first-order valence-electron chi connectivity index (χ1n) is 10.5. The third kappa shape index (κ3) is 7.26. The van der Waals surface area contributed by atoms with Gasteiger partial charge in [0.15, 0.2) is 0 Å². The van der Waals surface area contributed by atoms with Crippen LogP contribution in [0.3, 0.4) is 0 Å². The van der Waals surface area contributed by atoms with Gasteiger partial charge >= 0.3 is 0 Å². The second kappa shape index (κ2) is 12.1. The molecule has 0 bridgehead atoms. The number of rotatable bonds is 9. The molecule has 0 saturated carbocycles. The number of hydrogen-bond donors (Lipinski definition) is 0. The molecule has 2 nitrogen and oxygen atoms in total. The molecule has 158 valence electrons. The molecule has 4 heteroatoms. The van der Waals surface area contributed by atoms with Crippen LogP contribution in [-0.4, -0.2) is 12.4 Å². The van der Waals surface area contributed by atoms with Crippen molar-refractivity contribution >= 4 is 34.0 Å². The largest absolute Gasteiger partial charge is 0.288 e. The SMILES string of the molecule is C(=NCc1ccccc1)c1ccc(SSc2ccc(C=NCc3ccccc3)cc2)cc1. The lowest BCUT2D eigenvalue weighted by Crippen LogP contribution is -1.84. The van der Waals surface area contributed by atoms with Crippen LogP contribution in [0.4, 0.5) is 0 Å². The van der Waals surface area contributed by atoms with E-state index in [2.05, 4.69) is 82.8 Å². The minimum atomic E-state index is 0.708. The maximum atomic E-state index is 4.53. The van der Waals surface area contributed by atoms with Gasteiger partial charge in [-0.1, -0.05) is 107 Å². The Labute approximate surface area is 197 Å². The molecule has 0 radical (unpaired) electrons. The van der Waals surface area contributed by atoms with Gasteiger partial charge in [0.05, 0.1) is 13.1 Å². The highest BCUT2D eigenvalue weighted by Crippen LogP contribution is 2.37. The van der Waals surface area contributed by atoms with Crippen LogP contribution in [-0.2, 0) is 13.1 Å². The Morgan fingerprint density at radius 1 is 0.469 bits per heavy atom. The molecule has 0 unspecified atom stereocenters. The lowest BCUT2D eigenvalue weighted by molar-refractivity contribution is 1.08. The lowest BCUT2D eigenvalue weighted by atomic mass is 10.2. The summed E-state index contributed by atoms with van der Waals surface area (Å²) in [4.78, 5) is 11.5. The Bertz CT molecular complexity index is 1040. The van der Waals surface area contributed by atoms with E-state index in [1.54, 1.807) is 21.6 Å². The van der Waals surface area contributed by atoms with Gasteiger partial charge in [-0.15, -0.1) is 0 Å². The zero-order valence-electron chi connectivity index (χ0n) is 17.7. The number of nitrogens with zero attached hydrogens (tertiary/aromatic N) is 2. The van der Waals surface area contributed by atoms with Crippen LogP contribution in [0.15, 0.2) is 129 Å². The summed E-state index contributed by atoms with van der Waals surface area (Å²) in [5.41, 5.74) is 4.69. The topological polar surface area (TPSA) is 24.7 Å². The van der Waals surface area contributed by atoms with E-state index in [9.17, 15) is 0 Å². The van der Waals surface area contributed by atoms with E-state index < -0.39 is 0 Å². The Morgan fingerprint density at radius 3 is 1.22 bits per heavy atom. The van der Waals surface area contributed by atoms with E-state index in [0.29, 0.717) is 13.1 Å². The molecule has 0 atom stereocenters. The van der Waals surface area contributed by atoms with Crippen molar-refractivity contribution in [2.75, 3.05) is 0 Å². The lowest BCUT2D eigenvalue weighted by Gasteiger charge is -2.03. The van der Waals surface area contributed by atoms with Crippen LogP contribution in [0.25, 0.3) is 0 Å². The van der Waals surface area contributed by atoms with Gasteiger partial charge in [-0.05, 0) is 46.5 Å². The molecule has 4 aromatic rings. The third-order valence-electron chi connectivity index (χ3n) is 4.71. The van der Waals surface area contributed by atoms with Gasteiger partial charge in [0, 0.05) is 22.2 Å². The second-order valence-electron chi connectivity index (χ2n) is 7.22. The Balaban J connectivity index is 1.23. The zero-order chi connectivity index (χ0) is 21.8. The first-order chi connectivity index (χ1) is 15.8. The summed E-state index contributed by atoms with van der Waals surface area (Å²) in [6.07, 6.45) is 3.87. The fourth-order valence-corrected chi connectivity index (χ4v) is 4.93. The molecule has 4 rings (SSSR count). The van der Waals surface area contributed by atoms with Gasteiger partial charge in [-0.3, -0.25) is 9.98 Å². The van der Waals surface area contributed by atoms with Crippen LogP contribution >= 0.6 is 21.6 Å². The molecule has 32 heavy (non-hydrogen) atoms. The normalized spacial score (nSPS) is 11.4. The van der Waals surface area contributed by atoms with Crippen LogP contribution < -0.4 is 0 Å². The van der Waals surface area contributed by atoms with Crippen molar-refractivity contribution in [3.05, 3.63) is 131 Å². The van der Waals surface area contributed by atoms with Crippen LogP contribution in [0, 0.1) is 0 Å². The standard InChI is InChI=1S/C28H24N2S2/c1-3-7-23(8-4-1)19-29-21-25-11-15-27(16-12-25)31-32-28-17-13-26(14-18-28)22-30-20-24-9-5-2-6-10-24/h1-18,21-22H,19-20H2. The van der Waals surface area contributed by atoms with Crippen LogP contribution in [0.2, 0.25) is 0 Å².